The Morgan fingerprint density at radius 2 is 1.71 bits per heavy atom. The summed E-state index contributed by atoms with van der Waals surface area (Å²) >= 11 is 0. The molecule has 170 valence electrons. The second-order valence-electron chi connectivity index (χ2n) is 7.45. The topological polar surface area (TPSA) is 112 Å². The Kier molecular flexibility index (Phi) is 5.57. The van der Waals surface area contributed by atoms with Gasteiger partial charge in [-0.25, -0.2) is 9.97 Å². The molecule has 2 aromatic heterocycles. The third kappa shape index (κ3) is 4.14. The van der Waals surface area contributed by atoms with Crippen molar-refractivity contribution in [3.63, 3.8) is 0 Å². The van der Waals surface area contributed by atoms with E-state index in [1.807, 2.05) is 71.3 Å². The second-order valence-corrected chi connectivity index (χ2v) is 7.45. The molecule has 0 unspecified atom stereocenters. The van der Waals surface area contributed by atoms with Crippen LogP contribution in [0.5, 0.6) is 11.5 Å². The average molecular weight is 454 g/mol. The van der Waals surface area contributed by atoms with Crippen molar-refractivity contribution in [2.45, 2.75) is 0 Å². The molecule has 0 amide bonds. The maximum atomic E-state index is 6.08. The van der Waals surface area contributed by atoms with E-state index in [2.05, 4.69) is 15.6 Å². The Morgan fingerprint density at radius 3 is 2.47 bits per heavy atom. The van der Waals surface area contributed by atoms with Crippen molar-refractivity contribution in [3.05, 3.63) is 79.0 Å². The maximum absolute atomic E-state index is 6.08. The molecule has 0 fully saturated rings. The van der Waals surface area contributed by atoms with E-state index in [-0.39, 0.29) is 0 Å². The molecule has 0 atom stereocenters. The number of methoxy groups -OCH3 is 2. The van der Waals surface area contributed by atoms with Gasteiger partial charge in [0.15, 0.2) is 5.65 Å². The van der Waals surface area contributed by atoms with Crippen molar-refractivity contribution >= 4 is 40.1 Å². The van der Waals surface area contributed by atoms with E-state index in [0.717, 1.165) is 11.4 Å². The highest BCUT2D eigenvalue weighted by molar-refractivity contribution is 5.80. The minimum Gasteiger partial charge on any atom is -0.497 e. The minimum atomic E-state index is 0.396. The lowest BCUT2D eigenvalue weighted by Crippen LogP contribution is -2.04. The number of nitrogens with two attached hydrogens (primary N) is 1. The van der Waals surface area contributed by atoms with E-state index in [1.165, 1.54) is 0 Å². The molecule has 4 N–H and O–H groups in total. The van der Waals surface area contributed by atoms with Gasteiger partial charge in [-0.15, -0.1) is 0 Å². The van der Waals surface area contributed by atoms with Crippen LogP contribution in [-0.4, -0.2) is 33.7 Å². The van der Waals surface area contributed by atoms with Crippen molar-refractivity contribution in [3.8, 4) is 17.2 Å². The van der Waals surface area contributed by atoms with Gasteiger partial charge in [0.05, 0.1) is 31.8 Å². The van der Waals surface area contributed by atoms with Crippen molar-refractivity contribution in [2.75, 3.05) is 30.6 Å². The average Bonchev–Trinajstić information content (AvgIpc) is 3.22. The molecule has 2 heterocycles. The molecule has 0 aliphatic carbocycles. The largest absolute Gasteiger partial charge is 0.497 e. The summed E-state index contributed by atoms with van der Waals surface area (Å²) in [6, 6.07) is 22.9. The van der Waals surface area contributed by atoms with Crippen LogP contribution in [0.25, 0.3) is 16.9 Å². The molecule has 0 aliphatic rings. The summed E-state index contributed by atoms with van der Waals surface area (Å²) in [4.78, 5) is 14.0. The summed E-state index contributed by atoms with van der Waals surface area (Å²) in [5, 5.41) is 6.60. The number of fused-ring (bicyclic) bond motifs is 1. The van der Waals surface area contributed by atoms with Gasteiger partial charge in [-0.1, -0.05) is 24.3 Å². The van der Waals surface area contributed by atoms with E-state index < -0.39 is 0 Å². The Bertz CT molecular complexity index is 1450. The first-order valence-corrected chi connectivity index (χ1v) is 10.6. The fourth-order valence-electron chi connectivity index (χ4n) is 3.60. The molecule has 5 aromatic rings. The Balaban J connectivity index is 1.60. The normalized spacial score (nSPS) is 10.8. The summed E-state index contributed by atoms with van der Waals surface area (Å²) in [6.45, 7) is 0. The van der Waals surface area contributed by atoms with Crippen LogP contribution in [0.4, 0.5) is 29.0 Å². The van der Waals surface area contributed by atoms with E-state index in [9.17, 15) is 0 Å². The van der Waals surface area contributed by atoms with Crippen LogP contribution in [0.1, 0.15) is 0 Å². The first-order chi connectivity index (χ1) is 16.6. The Labute approximate surface area is 196 Å². The highest BCUT2D eigenvalue weighted by atomic mass is 16.5. The Hall–Kier alpha value is -4.79. The zero-order valence-corrected chi connectivity index (χ0v) is 18.7. The third-order valence-electron chi connectivity index (χ3n) is 5.21. The van der Waals surface area contributed by atoms with Gasteiger partial charge in [0.1, 0.15) is 17.0 Å². The molecule has 0 radical (unpaired) electrons. The number of nitrogens with zero attached hydrogens (tertiary/aromatic N) is 4. The lowest BCUT2D eigenvalue weighted by Gasteiger charge is -2.13. The number of nitrogen functional groups attached to an aromatic ring is 1. The fraction of sp³-hybridized carbons (Fsp3) is 0.0800. The molecule has 0 saturated carbocycles. The number of hydrogen-bond acceptors (Lipinski definition) is 8. The van der Waals surface area contributed by atoms with Gasteiger partial charge in [0.25, 0.3) is 0 Å². The van der Waals surface area contributed by atoms with Crippen LogP contribution in [0.3, 0.4) is 0 Å². The zero-order valence-electron chi connectivity index (χ0n) is 18.7. The summed E-state index contributed by atoms with van der Waals surface area (Å²) < 4.78 is 12.7. The molecule has 3 aromatic carbocycles. The highest BCUT2D eigenvalue weighted by Gasteiger charge is 2.16. The number of nitrogens with one attached hydrogen (secondary N) is 2. The van der Waals surface area contributed by atoms with Crippen molar-refractivity contribution in [1.29, 1.82) is 0 Å². The first-order valence-electron chi connectivity index (χ1n) is 10.6. The van der Waals surface area contributed by atoms with Crippen molar-refractivity contribution in [2.24, 2.45) is 0 Å². The van der Waals surface area contributed by atoms with Crippen molar-refractivity contribution < 1.29 is 9.47 Å². The maximum Gasteiger partial charge on any atom is 0.229 e. The molecule has 5 rings (SSSR count). The molecule has 0 saturated heterocycles. The van der Waals surface area contributed by atoms with E-state index in [4.69, 9.17) is 25.2 Å². The quantitative estimate of drug-likeness (QED) is 0.298. The molecular formula is C25H23N7O2. The number of benzene rings is 3. The van der Waals surface area contributed by atoms with Crippen LogP contribution >= 0.6 is 0 Å². The predicted octanol–water partition coefficient (Wildman–Crippen LogP) is 4.90. The number of hydrogen-bond donors (Lipinski definition) is 3. The lowest BCUT2D eigenvalue weighted by atomic mass is 10.2. The third-order valence-corrected chi connectivity index (χ3v) is 5.21. The van der Waals surface area contributed by atoms with Gasteiger partial charge in [0.2, 0.25) is 11.9 Å². The van der Waals surface area contributed by atoms with E-state index >= 15 is 0 Å². The number of para-hydroxylation sites is 1. The van der Waals surface area contributed by atoms with Gasteiger partial charge in [-0.2, -0.15) is 4.98 Å². The summed E-state index contributed by atoms with van der Waals surface area (Å²) in [7, 11) is 3.21. The number of aromatic nitrogens is 4. The van der Waals surface area contributed by atoms with Gasteiger partial charge in [0, 0.05) is 17.4 Å². The summed E-state index contributed by atoms with van der Waals surface area (Å²) in [5.41, 5.74) is 10.4. The second kappa shape index (κ2) is 8.99. The van der Waals surface area contributed by atoms with Gasteiger partial charge < -0.3 is 25.8 Å². The minimum absolute atomic E-state index is 0.396. The van der Waals surface area contributed by atoms with Crippen LogP contribution in [-0.2, 0) is 0 Å². The first kappa shape index (κ1) is 21.1. The highest BCUT2D eigenvalue weighted by Crippen LogP contribution is 2.32. The molecule has 0 spiro atoms. The Morgan fingerprint density at radius 1 is 0.853 bits per heavy atom. The van der Waals surface area contributed by atoms with Crippen LogP contribution < -0.4 is 25.8 Å². The molecule has 34 heavy (non-hydrogen) atoms. The van der Waals surface area contributed by atoms with E-state index in [0.29, 0.717) is 45.9 Å². The predicted molar refractivity (Wildman–Crippen MR) is 134 cm³/mol. The van der Waals surface area contributed by atoms with Crippen LogP contribution in [0, 0.1) is 0 Å². The summed E-state index contributed by atoms with van der Waals surface area (Å²) in [5.74, 6) is 2.29. The monoisotopic (exact) mass is 453 g/mol. The van der Waals surface area contributed by atoms with Crippen LogP contribution in [0.2, 0.25) is 0 Å². The van der Waals surface area contributed by atoms with Gasteiger partial charge >= 0.3 is 0 Å². The number of imidazole rings is 1. The molecule has 9 heteroatoms. The molecular weight excluding hydrogens is 430 g/mol. The van der Waals surface area contributed by atoms with Gasteiger partial charge in [-0.3, -0.25) is 4.57 Å². The SMILES string of the molecule is COc1ccc(Nc2ncc3nc(Nc4ccccc4)n(-c4cccc(N)c4)c3n2)c(OC)c1. The molecule has 0 aliphatic heterocycles. The fourth-order valence-corrected chi connectivity index (χ4v) is 3.60. The van der Waals surface area contributed by atoms with Gasteiger partial charge in [-0.05, 0) is 42.5 Å². The zero-order chi connectivity index (χ0) is 23.5. The summed E-state index contributed by atoms with van der Waals surface area (Å²) in [6.07, 6.45) is 1.68. The standard InChI is InChI=1S/C25H23N7O2/c1-33-19-11-12-20(22(14-19)34-2)29-24-27-15-21-23(31-24)32(18-10-6-7-16(26)13-18)25(30-21)28-17-8-4-3-5-9-17/h3-15H,26H2,1-2H3,(H,28,30)(H,27,29,31). The molecule has 9 nitrogen and oxygen atoms in total. The number of anilines is 5. The van der Waals surface area contributed by atoms with E-state index in [1.54, 1.807) is 26.5 Å². The van der Waals surface area contributed by atoms with Crippen molar-refractivity contribution in [1.82, 2.24) is 19.5 Å². The smallest absolute Gasteiger partial charge is 0.229 e. The number of rotatable bonds is 7. The lowest BCUT2D eigenvalue weighted by molar-refractivity contribution is 0.395. The van der Waals surface area contributed by atoms with Crippen LogP contribution in [0.15, 0.2) is 79.0 Å². The number of ether oxygens (including phenoxy) is 2. The molecule has 0 bridgehead atoms.